The van der Waals surface area contributed by atoms with Gasteiger partial charge < -0.3 is 10.6 Å². The van der Waals surface area contributed by atoms with Crippen LogP contribution >= 0.6 is 11.6 Å². The molecule has 4 amide bonds. The van der Waals surface area contributed by atoms with Crippen LogP contribution in [0.15, 0.2) is 54.6 Å². The largest absolute Gasteiger partial charge is 0.325 e. The Hall–Kier alpha value is -3.38. The zero-order valence-corrected chi connectivity index (χ0v) is 19.6. The quantitative estimate of drug-likeness (QED) is 0.503. The molecule has 1 aliphatic rings. The molecule has 3 aromatic carbocycles. The van der Waals surface area contributed by atoms with Crippen molar-refractivity contribution in [3.8, 4) is 0 Å². The van der Waals surface area contributed by atoms with Crippen LogP contribution < -0.4 is 10.6 Å². The molecule has 6 nitrogen and oxygen atoms in total. The van der Waals surface area contributed by atoms with Gasteiger partial charge in [0, 0.05) is 10.7 Å². The summed E-state index contributed by atoms with van der Waals surface area (Å²) in [6.45, 7) is 5.23. The van der Waals surface area contributed by atoms with Gasteiger partial charge in [-0.2, -0.15) is 0 Å². The van der Waals surface area contributed by atoms with E-state index in [4.69, 9.17) is 11.6 Å². The number of hydrogen-bond acceptors (Lipinski definition) is 3. The highest BCUT2D eigenvalue weighted by molar-refractivity contribution is 6.32. The summed E-state index contributed by atoms with van der Waals surface area (Å²) in [6, 6.07) is 16.6. The number of benzene rings is 3. The third-order valence-corrected chi connectivity index (χ3v) is 6.60. The smallest absolute Gasteiger partial charge is 0.324 e. The topological polar surface area (TPSA) is 78.5 Å². The molecule has 0 bridgehead atoms. The second-order valence-electron chi connectivity index (χ2n) is 8.32. The number of halogens is 1. The van der Waals surface area contributed by atoms with Crippen molar-refractivity contribution in [3.63, 3.8) is 0 Å². The van der Waals surface area contributed by atoms with E-state index in [0.717, 1.165) is 26.8 Å². The number of urea groups is 1. The Morgan fingerprint density at radius 2 is 1.76 bits per heavy atom. The van der Waals surface area contributed by atoms with E-state index >= 15 is 0 Å². The van der Waals surface area contributed by atoms with Crippen molar-refractivity contribution in [1.82, 2.24) is 10.2 Å². The Labute approximate surface area is 197 Å². The number of carbonyl (C=O) groups is 3. The van der Waals surface area contributed by atoms with Crippen molar-refractivity contribution in [2.24, 2.45) is 0 Å². The zero-order valence-electron chi connectivity index (χ0n) is 18.9. The van der Waals surface area contributed by atoms with Crippen LogP contribution in [0, 0.1) is 0 Å². The summed E-state index contributed by atoms with van der Waals surface area (Å²) in [6.07, 6.45) is 1.36. The highest BCUT2D eigenvalue weighted by Gasteiger charge is 2.49. The van der Waals surface area contributed by atoms with Crippen molar-refractivity contribution in [1.29, 1.82) is 0 Å². The predicted octanol–water partition coefficient (Wildman–Crippen LogP) is 5.02. The molecule has 0 saturated carbocycles. The first-order valence-electron chi connectivity index (χ1n) is 11.0. The number of nitrogens with one attached hydrogen (secondary N) is 2. The first kappa shape index (κ1) is 22.8. The van der Waals surface area contributed by atoms with Crippen molar-refractivity contribution >= 4 is 45.9 Å². The van der Waals surface area contributed by atoms with Crippen LogP contribution in [0.3, 0.4) is 0 Å². The molecule has 0 radical (unpaired) electrons. The number of amides is 4. The van der Waals surface area contributed by atoms with E-state index in [2.05, 4.69) is 10.6 Å². The summed E-state index contributed by atoms with van der Waals surface area (Å²) in [4.78, 5) is 39.9. The summed E-state index contributed by atoms with van der Waals surface area (Å²) >= 11 is 6.33. The van der Waals surface area contributed by atoms with Crippen molar-refractivity contribution in [3.05, 3.63) is 76.3 Å². The van der Waals surface area contributed by atoms with E-state index in [0.29, 0.717) is 29.1 Å². The van der Waals surface area contributed by atoms with Crippen LogP contribution in [-0.2, 0) is 28.0 Å². The van der Waals surface area contributed by atoms with Crippen LogP contribution in [0.2, 0.25) is 5.02 Å². The standard InChI is InChI=1S/C26H26ClN3O3/c1-4-16-11-13-21(27)20(5-2)23(16)28-22(31)15-30-24(32)26(3,29-25(30)33)19-12-10-17-8-6-7-9-18(17)14-19/h6-14H,4-5,15H2,1-3H3,(H,28,31)(H,29,33). The molecule has 33 heavy (non-hydrogen) atoms. The molecule has 1 heterocycles. The van der Waals surface area contributed by atoms with E-state index in [1.165, 1.54) is 0 Å². The maximum atomic E-state index is 13.3. The van der Waals surface area contributed by atoms with Crippen molar-refractivity contribution in [2.45, 2.75) is 39.2 Å². The van der Waals surface area contributed by atoms with E-state index in [1.54, 1.807) is 6.92 Å². The molecule has 1 unspecified atom stereocenters. The number of nitrogens with zero attached hydrogens (tertiary/aromatic N) is 1. The van der Waals surface area contributed by atoms with E-state index in [1.807, 2.05) is 68.4 Å². The van der Waals surface area contributed by atoms with Gasteiger partial charge in [-0.15, -0.1) is 0 Å². The molecule has 1 aliphatic heterocycles. The molecule has 2 N–H and O–H groups in total. The summed E-state index contributed by atoms with van der Waals surface area (Å²) in [5, 5.41) is 8.23. The molecule has 3 aromatic rings. The van der Waals surface area contributed by atoms with E-state index in [-0.39, 0.29) is 6.54 Å². The monoisotopic (exact) mass is 463 g/mol. The second kappa shape index (κ2) is 8.87. The molecule has 0 spiro atoms. The Kier molecular flexibility index (Phi) is 6.13. The van der Waals surface area contributed by atoms with Gasteiger partial charge in [-0.25, -0.2) is 4.79 Å². The second-order valence-corrected chi connectivity index (χ2v) is 8.73. The Bertz CT molecular complexity index is 1270. The fraction of sp³-hybridized carbons (Fsp3) is 0.269. The first-order valence-corrected chi connectivity index (χ1v) is 11.4. The summed E-state index contributed by atoms with van der Waals surface area (Å²) in [5.41, 5.74) is 1.85. The average molecular weight is 464 g/mol. The fourth-order valence-electron chi connectivity index (χ4n) is 4.33. The van der Waals surface area contributed by atoms with Crippen LogP contribution in [0.25, 0.3) is 10.8 Å². The Morgan fingerprint density at radius 3 is 2.45 bits per heavy atom. The highest BCUT2D eigenvalue weighted by Crippen LogP contribution is 2.32. The first-order chi connectivity index (χ1) is 15.8. The number of carbonyl (C=O) groups excluding carboxylic acids is 3. The number of fused-ring (bicyclic) bond motifs is 1. The molecule has 7 heteroatoms. The summed E-state index contributed by atoms with van der Waals surface area (Å²) in [7, 11) is 0. The molecular weight excluding hydrogens is 438 g/mol. The lowest BCUT2D eigenvalue weighted by atomic mass is 9.90. The lowest BCUT2D eigenvalue weighted by Crippen LogP contribution is -2.42. The van der Waals surface area contributed by atoms with Gasteiger partial charge in [-0.3, -0.25) is 14.5 Å². The maximum Gasteiger partial charge on any atom is 0.325 e. The van der Waals surface area contributed by atoms with E-state index < -0.39 is 23.4 Å². The van der Waals surface area contributed by atoms with E-state index in [9.17, 15) is 14.4 Å². The fourth-order valence-corrected chi connectivity index (χ4v) is 4.62. The predicted molar refractivity (Wildman–Crippen MR) is 130 cm³/mol. The lowest BCUT2D eigenvalue weighted by Gasteiger charge is -2.23. The number of imide groups is 1. The van der Waals surface area contributed by atoms with Crippen LogP contribution in [0.4, 0.5) is 10.5 Å². The maximum absolute atomic E-state index is 13.3. The summed E-state index contributed by atoms with van der Waals surface area (Å²) in [5.74, 6) is -0.914. The number of hydrogen-bond donors (Lipinski definition) is 2. The highest BCUT2D eigenvalue weighted by atomic mass is 35.5. The van der Waals surface area contributed by atoms with Crippen molar-refractivity contribution in [2.75, 3.05) is 11.9 Å². The molecule has 1 fully saturated rings. The summed E-state index contributed by atoms with van der Waals surface area (Å²) < 4.78 is 0. The van der Waals surface area contributed by atoms with Gasteiger partial charge in [0.1, 0.15) is 12.1 Å². The minimum Gasteiger partial charge on any atom is -0.324 e. The van der Waals surface area contributed by atoms with Gasteiger partial charge in [0.15, 0.2) is 0 Å². The average Bonchev–Trinajstić information content (AvgIpc) is 3.03. The number of rotatable bonds is 6. The molecule has 1 saturated heterocycles. The minimum atomic E-state index is -1.25. The van der Waals surface area contributed by atoms with Crippen LogP contribution in [0.5, 0.6) is 0 Å². The van der Waals surface area contributed by atoms with Gasteiger partial charge in [0.05, 0.1) is 0 Å². The van der Waals surface area contributed by atoms with Gasteiger partial charge in [-0.05, 0) is 59.4 Å². The van der Waals surface area contributed by atoms with Gasteiger partial charge in [-0.1, -0.05) is 67.9 Å². The lowest BCUT2D eigenvalue weighted by molar-refractivity contribution is -0.133. The molecular formula is C26H26ClN3O3. The van der Waals surface area contributed by atoms with Gasteiger partial charge in [0.2, 0.25) is 5.91 Å². The number of aryl methyl sites for hydroxylation is 1. The normalized spacial score (nSPS) is 18.0. The Morgan fingerprint density at radius 1 is 1.03 bits per heavy atom. The third-order valence-electron chi connectivity index (χ3n) is 6.24. The SMILES string of the molecule is CCc1ccc(Cl)c(CC)c1NC(=O)CN1C(=O)NC(C)(c2ccc3ccccc3c2)C1=O. The van der Waals surface area contributed by atoms with Crippen LogP contribution in [0.1, 0.15) is 37.5 Å². The minimum absolute atomic E-state index is 0.382. The molecule has 170 valence electrons. The molecule has 0 aromatic heterocycles. The van der Waals surface area contributed by atoms with Gasteiger partial charge >= 0.3 is 6.03 Å². The number of anilines is 1. The zero-order chi connectivity index (χ0) is 23.8. The third kappa shape index (κ3) is 4.07. The van der Waals surface area contributed by atoms with Crippen LogP contribution in [-0.4, -0.2) is 29.3 Å². The molecule has 0 aliphatic carbocycles. The molecule has 1 atom stereocenters. The Balaban J connectivity index is 1.57. The molecule has 4 rings (SSSR count). The van der Waals surface area contributed by atoms with Crippen molar-refractivity contribution < 1.29 is 14.4 Å². The van der Waals surface area contributed by atoms with Gasteiger partial charge in [0.25, 0.3) is 5.91 Å².